The van der Waals surface area contributed by atoms with E-state index in [1.807, 2.05) is 30.3 Å². The average molecular weight is 389 g/mol. The van der Waals surface area contributed by atoms with Crippen LogP contribution in [0, 0.1) is 11.7 Å². The molecule has 2 aromatic rings. The van der Waals surface area contributed by atoms with E-state index in [0.29, 0.717) is 5.69 Å². The second-order valence-corrected chi connectivity index (χ2v) is 7.98. The van der Waals surface area contributed by atoms with Crippen LogP contribution in [0.1, 0.15) is 32.4 Å². The Morgan fingerprint density at radius 1 is 1.00 bits per heavy atom. The Morgan fingerprint density at radius 2 is 1.63 bits per heavy atom. The van der Waals surface area contributed by atoms with Crippen LogP contribution in [0.3, 0.4) is 0 Å². The number of carbonyl (C=O) groups excluding carboxylic acids is 2. The molecular weight excluding hydrogens is 363 g/mol. The van der Waals surface area contributed by atoms with Gasteiger partial charge in [-0.1, -0.05) is 44.2 Å². The molecule has 0 radical (unpaired) electrons. The predicted molar refractivity (Wildman–Crippen MR) is 109 cm³/mol. The molecule has 27 heavy (non-hydrogen) atoms. The summed E-state index contributed by atoms with van der Waals surface area (Å²) in [6.07, 6.45) is 0. The van der Waals surface area contributed by atoms with Gasteiger partial charge >= 0.3 is 0 Å². The molecule has 4 nitrogen and oxygen atoms in total. The lowest BCUT2D eigenvalue weighted by molar-refractivity contribution is -0.121. The first kappa shape index (κ1) is 21.0. The highest BCUT2D eigenvalue weighted by Gasteiger charge is 2.22. The van der Waals surface area contributed by atoms with Gasteiger partial charge in [0.1, 0.15) is 5.82 Å². The third-order valence-electron chi connectivity index (χ3n) is 4.08. The normalized spacial score (nSPS) is 13.1. The van der Waals surface area contributed by atoms with Crippen molar-refractivity contribution in [2.45, 2.75) is 32.1 Å². The van der Waals surface area contributed by atoms with Crippen LogP contribution in [0.5, 0.6) is 0 Å². The summed E-state index contributed by atoms with van der Waals surface area (Å²) in [6.45, 7) is 5.91. The standard InChI is InChI=1S/C21H25FN2O2S/c1-14(2)20(16-7-5-4-6-8-16)24-21(26)15(3)27-13-19(25)23-18-11-9-17(22)10-12-18/h4-12,14-15,20H,13H2,1-3H3,(H,23,25)(H,24,26). The molecule has 2 unspecified atom stereocenters. The zero-order valence-corrected chi connectivity index (χ0v) is 16.6. The van der Waals surface area contributed by atoms with Crippen molar-refractivity contribution in [3.63, 3.8) is 0 Å². The van der Waals surface area contributed by atoms with Crippen LogP contribution in [-0.4, -0.2) is 22.8 Å². The number of amides is 2. The summed E-state index contributed by atoms with van der Waals surface area (Å²) < 4.78 is 12.9. The highest BCUT2D eigenvalue weighted by molar-refractivity contribution is 8.01. The Kier molecular flexibility index (Phi) is 7.85. The minimum absolute atomic E-state index is 0.0743. The maximum Gasteiger partial charge on any atom is 0.234 e. The molecule has 0 fully saturated rings. The number of halogens is 1. The maximum absolute atomic E-state index is 12.9. The second-order valence-electron chi connectivity index (χ2n) is 6.65. The Hall–Kier alpha value is -2.34. The van der Waals surface area contributed by atoms with Gasteiger partial charge in [-0.3, -0.25) is 9.59 Å². The van der Waals surface area contributed by atoms with Gasteiger partial charge in [0, 0.05) is 5.69 Å². The van der Waals surface area contributed by atoms with Crippen molar-refractivity contribution in [3.8, 4) is 0 Å². The van der Waals surface area contributed by atoms with Crippen molar-refractivity contribution in [3.05, 3.63) is 66.0 Å². The number of hydrogen-bond donors (Lipinski definition) is 2. The van der Waals surface area contributed by atoms with E-state index in [1.54, 1.807) is 6.92 Å². The van der Waals surface area contributed by atoms with Crippen molar-refractivity contribution >= 4 is 29.3 Å². The van der Waals surface area contributed by atoms with Crippen LogP contribution in [0.25, 0.3) is 0 Å². The summed E-state index contributed by atoms with van der Waals surface area (Å²) in [5.74, 6) is -0.295. The van der Waals surface area contributed by atoms with Crippen LogP contribution in [0.15, 0.2) is 54.6 Å². The molecular formula is C21H25FN2O2S. The van der Waals surface area contributed by atoms with E-state index in [9.17, 15) is 14.0 Å². The van der Waals surface area contributed by atoms with Crippen LogP contribution in [0.4, 0.5) is 10.1 Å². The quantitative estimate of drug-likeness (QED) is 0.705. The van der Waals surface area contributed by atoms with E-state index in [2.05, 4.69) is 24.5 Å². The van der Waals surface area contributed by atoms with Crippen molar-refractivity contribution in [2.75, 3.05) is 11.1 Å². The minimum Gasteiger partial charge on any atom is -0.348 e. The summed E-state index contributed by atoms with van der Waals surface area (Å²) in [4.78, 5) is 24.6. The Balaban J connectivity index is 1.85. The van der Waals surface area contributed by atoms with Gasteiger partial charge in [0.25, 0.3) is 0 Å². The zero-order chi connectivity index (χ0) is 19.8. The third kappa shape index (κ3) is 6.71. The zero-order valence-electron chi connectivity index (χ0n) is 15.7. The molecule has 2 amide bonds. The monoisotopic (exact) mass is 388 g/mol. The van der Waals surface area contributed by atoms with Crippen LogP contribution < -0.4 is 10.6 Å². The van der Waals surface area contributed by atoms with Gasteiger partial charge in [0.05, 0.1) is 17.0 Å². The molecule has 0 heterocycles. The first-order valence-corrected chi connectivity index (χ1v) is 9.94. The second kappa shape index (κ2) is 10.1. The van der Waals surface area contributed by atoms with Crippen LogP contribution in [-0.2, 0) is 9.59 Å². The van der Waals surface area contributed by atoms with E-state index >= 15 is 0 Å². The lowest BCUT2D eigenvalue weighted by atomic mass is 9.96. The summed E-state index contributed by atoms with van der Waals surface area (Å²) in [5.41, 5.74) is 1.59. The van der Waals surface area contributed by atoms with Crippen molar-refractivity contribution < 1.29 is 14.0 Å². The van der Waals surface area contributed by atoms with E-state index in [4.69, 9.17) is 0 Å². The van der Waals surface area contributed by atoms with Crippen molar-refractivity contribution in [1.82, 2.24) is 5.32 Å². The lowest BCUT2D eigenvalue weighted by Gasteiger charge is -2.24. The van der Waals surface area contributed by atoms with Crippen molar-refractivity contribution in [2.24, 2.45) is 5.92 Å². The Labute approximate surface area is 163 Å². The van der Waals surface area contributed by atoms with Gasteiger partial charge in [-0.2, -0.15) is 0 Å². The van der Waals surface area contributed by atoms with Gasteiger partial charge in [-0.15, -0.1) is 11.8 Å². The molecule has 0 saturated heterocycles. The van der Waals surface area contributed by atoms with Gasteiger partial charge in [-0.05, 0) is 42.7 Å². The average Bonchev–Trinajstić information content (AvgIpc) is 2.66. The number of benzene rings is 2. The lowest BCUT2D eigenvalue weighted by Crippen LogP contribution is -2.37. The highest BCUT2D eigenvalue weighted by atomic mass is 32.2. The molecule has 0 aromatic heterocycles. The predicted octanol–water partition coefficient (Wildman–Crippen LogP) is 4.40. The number of anilines is 1. The number of nitrogens with one attached hydrogen (secondary N) is 2. The summed E-state index contributed by atoms with van der Waals surface area (Å²) >= 11 is 1.27. The molecule has 0 spiro atoms. The SMILES string of the molecule is CC(SCC(=O)Nc1ccc(F)cc1)C(=O)NC(c1ccccc1)C(C)C. The van der Waals surface area contributed by atoms with E-state index in [0.717, 1.165) is 5.56 Å². The van der Waals surface area contributed by atoms with E-state index < -0.39 is 0 Å². The van der Waals surface area contributed by atoms with Gasteiger partial charge in [0.2, 0.25) is 11.8 Å². The first-order valence-electron chi connectivity index (χ1n) is 8.89. The van der Waals surface area contributed by atoms with Crippen molar-refractivity contribution in [1.29, 1.82) is 0 Å². The topological polar surface area (TPSA) is 58.2 Å². The minimum atomic E-state index is -0.367. The van der Waals surface area contributed by atoms with Crippen LogP contribution >= 0.6 is 11.8 Å². The molecule has 144 valence electrons. The van der Waals surface area contributed by atoms with E-state index in [1.165, 1.54) is 36.0 Å². The molecule has 2 rings (SSSR count). The molecule has 0 aliphatic heterocycles. The van der Waals surface area contributed by atoms with Gasteiger partial charge < -0.3 is 10.6 Å². The fourth-order valence-electron chi connectivity index (χ4n) is 2.57. The molecule has 0 aliphatic carbocycles. The summed E-state index contributed by atoms with van der Waals surface area (Å²) in [7, 11) is 0. The molecule has 0 saturated carbocycles. The number of thioether (sulfide) groups is 1. The highest BCUT2D eigenvalue weighted by Crippen LogP contribution is 2.22. The van der Waals surface area contributed by atoms with E-state index in [-0.39, 0.29) is 40.6 Å². The molecule has 6 heteroatoms. The molecule has 0 aliphatic rings. The van der Waals surface area contributed by atoms with Gasteiger partial charge in [-0.25, -0.2) is 4.39 Å². The summed E-state index contributed by atoms with van der Waals surface area (Å²) in [6, 6.07) is 15.3. The fraction of sp³-hybridized carbons (Fsp3) is 0.333. The van der Waals surface area contributed by atoms with Gasteiger partial charge in [0.15, 0.2) is 0 Å². The number of hydrogen-bond acceptors (Lipinski definition) is 3. The molecule has 0 bridgehead atoms. The number of carbonyl (C=O) groups is 2. The summed E-state index contributed by atoms with van der Waals surface area (Å²) in [5, 5.41) is 5.40. The molecule has 2 N–H and O–H groups in total. The largest absolute Gasteiger partial charge is 0.348 e. The fourth-order valence-corrected chi connectivity index (χ4v) is 3.27. The van der Waals surface area contributed by atoms with Crippen LogP contribution in [0.2, 0.25) is 0 Å². The Morgan fingerprint density at radius 3 is 2.22 bits per heavy atom. The smallest absolute Gasteiger partial charge is 0.234 e. The third-order valence-corrected chi connectivity index (χ3v) is 5.23. The molecule has 2 atom stereocenters. The Bertz CT molecular complexity index is 751. The number of rotatable bonds is 8. The molecule has 2 aromatic carbocycles. The maximum atomic E-state index is 12.9. The first-order chi connectivity index (χ1) is 12.9.